The van der Waals surface area contributed by atoms with Crippen LogP contribution in [0.2, 0.25) is 0 Å². The SMILES string of the molecule is CCCCCCCC(O)CC(=O)N[C@H](CC(N)=O)C(=O)N[C@@H](C(=O)N[C@H](Cc1ccccc1)C(=O)N[C@@H](CC(N)=O)C(=O)N[C@H](CC(N)=O)C(=O)N[C@@H](C[C@H](O)CCN)C(=O)N[C@@H](C(=O)NCC(=O)N[C@H](Cc1c[nH]c2ccccc12)C(=O)N[C@@H](C(=O)O)[C@@H](C)CC)[C@@H](C)O)C(C)C. The van der Waals surface area contributed by atoms with Crippen LogP contribution in [0.1, 0.15) is 136 Å². The highest BCUT2D eigenvalue weighted by atomic mass is 16.4. The van der Waals surface area contributed by atoms with Gasteiger partial charge >= 0.3 is 5.97 Å². The summed E-state index contributed by atoms with van der Waals surface area (Å²) in [5.74, 6) is -16.9. The molecule has 0 saturated carbocycles. The molecule has 2 aromatic carbocycles. The number of carbonyl (C=O) groups is 14. The zero-order valence-corrected chi connectivity index (χ0v) is 56.2. The topological polar surface area (TPSA) is 560 Å². The lowest BCUT2D eigenvalue weighted by Crippen LogP contribution is -2.62. The summed E-state index contributed by atoms with van der Waals surface area (Å²) < 4.78 is 0. The van der Waals surface area contributed by atoms with Gasteiger partial charge in [0, 0.05) is 36.4 Å². The van der Waals surface area contributed by atoms with Gasteiger partial charge in [-0.3, -0.25) is 62.3 Å². The number of para-hydroxylation sites is 1. The average molecular weight is 1380 g/mol. The molecule has 542 valence electrons. The molecule has 0 fully saturated rings. The second-order valence-corrected chi connectivity index (χ2v) is 24.7. The van der Waals surface area contributed by atoms with Crippen LogP contribution in [-0.4, -0.2) is 194 Å². The van der Waals surface area contributed by atoms with E-state index in [0.29, 0.717) is 41.3 Å². The monoisotopic (exact) mass is 1380 g/mol. The number of amides is 13. The van der Waals surface area contributed by atoms with Gasteiger partial charge in [-0.05, 0) is 55.3 Å². The summed E-state index contributed by atoms with van der Waals surface area (Å²) in [4.78, 5) is 192. The summed E-state index contributed by atoms with van der Waals surface area (Å²) in [6.45, 7) is 8.53. The largest absolute Gasteiger partial charge is 0.480 e. The standard InChI is InChI=1S/C65H99N15O18/c1-7-9-10-11-15-20-39(82)28-52(87)72-46(29-49(67)84)62(94)78-54(34(3)4)64(96)77-43(25-37-18-13-12-14-19-37)57(89)75-48(31-51(69)86)59(91)76-47(30-50(68)85)58(90)74-45(27-40(83)23-24-66)61(93)80-56(36(6)81)63(95)71-33-53(88)73-44(60(92)79-55(65(97)98)35(5)8-2)26-38-32-70-42-22-17-16-21-41(38)42/h12-14,16-19,21-22,32,34-36,39-40,43-48,54-56,70,81-83H,7-11,15,20,23-31,33,66H2,1-6H3,(H2,67,84)(H2,68,85)(H2,69,86)(H,71,95)(H,72,87)(H,73,88)(H,74,90)(H,75,89)(H,76,91)(H,77,96)(H,78,94)(H,79,92)(H,80,93)(H,97,98)/t35-,36+,39?,40+,43+,44+,45-,46+,47+,48-,54+,55+,56+/m0/s1. The Hall–Kier alpha value is -9.60. The summed E-state index contributed by atoms with van der Waals surface area (Å²) in [6.07, 6.45) is -1.85. The number of hydrogen-bond donors (Lipinski definition) is 19. The van der Waals surface area contributed by atoms with Crippen LogP contribution >= 0.6 is 0 Å². The Morgan fingerprint density at radius 3 is 1.51 bits per heavy atom. The number of aromatic amines is 1. The maximum absolute atomic E-state index is 14.4. The fourth-order valence-corrected chi connectivity index (χ4v) is 10.4. The first-order valence-electron chi connectivity index (χ1n) is 32.7. The number of nitrogens with two attached hydrogens (primary N) is 4. The number of carboxylic acid groups (broad SMARTS) is 1. The van der Waals surface area contributed by atoms with Crippen molar-refractivity contribution in [1.82, 2.24) is 58.2 Å². The lowest BCUT2D eigenvalue weighted by atomic mass is 9.98. The molecule has 1 aromatic heterocycles. The van der Waals surface area contributed by atoms with Gasteiger partial charge in [0.1, 0.15) is 54.4 Å². The molecule has 13 atom stereocenters. The molecule has 33 nitrogen and oxygen atoms in total. The lowest BCUT2D eigenvalue weighted by molar-refractivity contribution is -0.143. The Morgan fingerprint density at radius 1 is 0.480 bits per heavy atom. The summed E-state index contributed by atoms with van der Waals surface area (Å²) in [5.41, 5.74) is 23.8. The van der Waals surface area contributed by atoms with E-state index < -0.39 is 206 Å². The van der Waals surface area contributed by atoms with E-state index in [0.717, 1.165) is 32.6 Å². The fraction of sp³-hybridized carbons (Fsp3) is 0.569. The molecule has 1 heterocycles. The number of aliphatic hydroxyl groups excluding tert-OH is 3. The molecule has 0 aliphatic rings. The second kappa shape index (κ2) is 42.2. The van der Waals surface area contributed by atoms with Crippen molar-refractivity contribution in [3.05, 3.63) is 71.9 Å². The maximum atomic E-state index is 14.4. The molecule has 98 heavy (non-hydrogen) atoms. The smallest absolute Gasteiger partial charge is 0.326 e. The Morgan fingerprint density at radius 2 is 0.959 bits per heavy atom. The third kappa shape index (κ3) is 29.0. The highest BCUT2D eigenvalue weighted by Gasteiger charge is 2.38. The highest BCUT2D eigenvalue weighted by Crippen LogP contribution is 2.20. The maximum Gasteiger partial charge on any atom is 0.326 e. The van der Waals surface area contributed by atoms with Crippen molar-refractivity contribution in [3.63, 3.8) is 0 Å². The van der Waals surface area contributed by atoms with E-state index in [9.17, 15) is 87.5 Å². The number of aromatic nitrogens is 1. The van der Waals surface area contributed by atoms with Crippen LogP contribution in [0.15, 0.2) is 60.8 Å². The number of benzene rings is 2. The molecule has 0 spiro atoms. The molecule has 33 heteroatoms. The molecule has 0 bridgehead atoms. The number of unbranched alkanes of at least 4 members (excludes halogenated alkanes) is 4. The van der Waals surface area contributed by atoms with E-state index in [4.69, 9.17) is 22.9 Å². The van der Waals surface area contributed by atoms with Crippen LogP contribution in [0, 0.1) is 11.8 Å². The molecule has 23 N–H and O–H groups in total. The lowest BCUT2D eigenvalue weighted by Gasteiger charge is -2.29. The number of hydrogen-bond acceptors (Lipinski definition) is 18. The molecule has 0 radical (unpaired) electrons. The van der Waals surface area contributed by atoms with Crippen molar-refractivity contribution in [1.29, 1.82) is 0 Å². The van der Waals surface area contributed by atoms with Gasteiger partial charge in [-0.25, -0.2) is 4.79 Å². The number of aliphatic hydroxyl groups is 3. The number of carboxylic acids is 1. The minimum Gasteiger partial charge on any atom is -0.480 e. The van der Waals surface area contributed by atoms with Crippen molar-refractivity contribution in [2.75, 3.05) is 13.1 Å². The molecule has 3 rings (SSSR count). The second-order valence-electron chi connectivity index (χ2n) is 24.7. The molecule has 1 unspecified atom stereocenters. The Kier molecular flexibility index (Phi) is 35.5. The molecule has 3 aromatic rings. The zero-order chi connectivity index (χ0) is 73.3. The number of H-pyrrole nitrogens is 1. The molecular formula is C65H99N15O18. The first kappa shape index (κ1) is 82.6. The van der Waals surface area contributed by atoms with Gasteiger partial charge in [0.15, 0.2) is 0 Å². The fourth-order valence-electron chi connectivity index (χ4n) is 10.4. The number of fused-ring (bicyclic) bond motifs is 1. The number of aliphatic carboxylic acids is 1. The van der Waals surface area contributed by atoms with Crippen molar-refractivity contribution >= 4 is 93.7 Å². The molecule has 13 amide bonds. The predicted molar refractivity (Wildman–Crippen MR) is 356 cm³/mol. The Bertz CT molecular complexity index is 3200. The van der Waals surface area contributed by atoms with E-state index in [1.54, 1.807) is 74.6 Å². The van der Waals surface area contributed by atoms with E-state index in [1.165, 1.54) is 13.8 Å². The number of primary amides is 3. The Labute approximate surface area is 567 Å². The first-order chi connectivity index (χ1) is 46.3. The summed E-state index contributed by atoms with van der Waals surface area (Å²) in [7, 11) is 0. The summed E-state index contributed by atoms with van der Waals surface area (Å²) in [6, 6.07) is -0.154. The molecule has 0 aliphatic heterocycles. The van der Waals surface area contributed by atoms with Gasteiger partial charge in [0.25, 0.3) is 0 Å². The van der Waals surface area contributed by atoms with Crippen LogP contribution in [0.5, 0.6) is 0 Å². The zero-order valence-electron chi connectivity index (χ0n) is 56.2. The van der Waals surface area contributed by atoms with Crippen LogP contribution in [0.25, 0.3) is 10.9 Å². The summed E-state index contributed by atoms with van der Waals surface area (Å²) in [5, 5.41) is 66.5. The van der Waals surface area contributed by atoms with Crippen molar-refractivity contribution in [2.24, 2.45) is 34.8 Å². The molecular weight excluding hydrogens is 1280 g/mol. The molecule has 0 aliphatic carbocycles. The van der Waals surface area contributed by atoms with Crippen molar-refractivity contribution in [2.45, 2.75) is 211 Å². The van der Waals surface area contributed by atoms with Gasteiger partial charge in [-0.2, -0.15) is 0 Å². The summed E-state index contributed by atoms with van der Waals surface area (Å²) >= 11 is 0. The van der Waals surface area contributed by atoms with E-state index >= 15 is 0 Å². The quantitative estimate of drug-likeness (QED) is 0.0243. The van der Waals surface area contributed by atoms with Gasteiger partial charge in [-0.1, -0.05) is 122 Å². The van der Waals surface area contributed by atoms with E-state index in [1.807, 2.05) is 0 Å². The van der Waals surface area contributed by atoms with Crippen molar-refractivity contribution in [3.8, 4) is 0 Å². The van der Waals surface area contributed by atoms with Crippen LogP contribution in [0.3, 0.4) is 0 Å². The minimum absolute atomic E-state index is 0.142. The van der Waals surface area contributed by atoms with Crippen LogP contribution in [0.4, 0.5) is 0 Å². The van der Waals surface area contributed by atoms with Crippen molar-refractivity contribution < 1.29 is 87.5 Å². The van der Waals surface area contributed by atoms with Crippen LogP contribution < -0.4 is 76.1 Å². The van der Waals surface area contributed by atoms with Crippen LogP contribution in [-0.2, 0) is 80.0 Å². The normalized spacial score (nSPS) is 15.2. The highest BCUT2D eigenvalue weighted by molar-refractivity contribution is 6.01. The third-order valence-corrected chi connectivity index (χ3v) is 16.0. The first-order valence-corrected chi connectivity index (χ1v) is 32.7. The van der Waals surface area contributed by atoms with Gasteiger partial charge in [0.05, 0.1) is 50.5 Å². The van der Waals surface area contributed by atoms with Gasteiger partial charge in [0.2, 0.25) is 76.8 Å². The van der Waals surface area contributed by atoms with Gasteiger partial charge in [-0.15, -0.1) is 0 Å². The number of nitrogens with one attached hydrogen (secondary N) is 11. The van der Waals surface area contributed by atoms with Gasteiger partial charge < -0.3 is 102 Å². The van der Waals surface area contributed by atoms with E-state index in [2.05, 4.69) is 65.1 Å². The van der Waals surface area contributed by atoms with E-state index in [-0.39, 0.29) is 25.8 Å². The number of rotatable bonds is 46. The number of carbonyl (C=O) groups excluding carboxylic acids is 13. The molecule has 0 saturated heterocycles. The third-order valence-electron chi connectivity index (χ3n) is 16.0. The minimum atomic E-state index is -2.04. The Balaban J connectivity index is 1.87. The predicted octanol–water partition coefficient (Wildman–Crippen LogP) is -3.56. The average Bonchev–Trinajstić information content (AvgIpc) is 1.77.